The molecule has 0 aromatic carbocycles. The van der Waals surface area contributed by atoms with Crippen LogP contribution in [0.3, 0.4) is 0 Å². The number of aliphatic hydroxyl groups excluding tert-OH is 2. The number of esters is 1. The van der Waals surface area contributed by atoms with Crippen molar-refractivity contribution in [3.8, 4) is 0 Å². The summed E-state index contributed by atoms with van der Waals surface area (Å²) in [6.07, 6.45) is 3.25. The van der Waals surface area contributed by atoms with Crippen molar-refractivity contribution in [2.75, 3.05) is 0 Å². The van der Waals surface area contributed by atoms with E-state index in [1.165, 1.54) is 0 Å². The molecule has 10 atom stereocenters. The topological polar surface area (TPSA) is 124 Å². The van der Waals surface area contributed by atoms with Gasteiger partial charge in [0.15, 0.2) is 5.78 Å². The van der Waals surface area contributed by atoms with Crippen LogP contribution in [0.15, 0.2) is 22.8 Å². The van der Waals surface area contributed by atoms with Gasteiger partial charge in [0, 0.05) is 23.3 Å². The largest absolute Gasteiger partial charge is 0.456 e. The Balaban J connectivity index is 1.50. The van der Waals surface area contributed by atoms with E-state index in [0.29, 0.717) is 37.7 Å². The lowest BCUT2D eigenvalue weighted by Gasteiger charge is -2.60. The summed E-state index contributed by atoms with van der Waals surface area (Å²) >= 11 is 0. The highest BCUT2D eigenvalue weighted by atomic mass is 16.6. The van der Waals surface area contributed by atoms with Crippen molar-refractivity contribution in [2.24, 2.45) is 28.6 Å². The van der Waals surface area contributed by atoms with E-state index in [0.717, 1.165) is 24.0 Å². The van der Waals surface area contributed by atoms with Gasteiger partial charge in [0.05, 0.1) is 17.8 Å². The SMILES string of the molecule is CCC1=C(C)C(=O)OC(C(C)(O)C2CCC3(O)C4=CC(=O)C5CC(O)C(O)CC5(C)C4CCC23C)C1. The molecule has 4 N–H and O–H groups in total. The summed E-state index contributed by atoms with van der Waals surface area (Å²) in [5.74, 6) is -1.25. The summed E-state index contributed by atoms with van der Waals surface area (Å²) in [5, 5.41) is 45.1. The fourth-order valence-corrected chi connectivity index (χ4v) is 9.05. The summed E-state index contributed by atoms with van der Waals surface area (Å²) in [7, 11) is 0. The van der Waals surface area contributed by atoms with Gasteiger partial charge in [-0.05, 0) is 87.7 Å². The van der Waals surface area contributed by atoms with E-state index in [4.69, 9.17) is 4.74 Å². The van der Waals surface area contributed by atoms with Crippen LogP contribution in [0.1, 0.15) is 86.0 Å². The Bertz CT molecular complexity index is 1040. The first-order chi connectivity index (χ1) is 16.7. The minimum Gasteiger partial charge on any atom is -0.456 e. The first kappa shape index (κ1) is 26.1. The smallest absolute Gasteiger partial charge is 0.334 e. The van der Waals surface area contributed by atoms with Crippen molar-refractivity contribution in [3.63, 3.8) is 0 Å². The van der Waals surface area contributed by atoms with Crippen molar-refractivity contribution in [1.82, 2.24) is 0 Å². The van der Waals surface area contributed by atoms with Crippen LogP contribution in [0.4, 0.5) is 0 Å². The number of ether oxygens (including phenoxy) is 1. The highest BCUT2D eigenvalue weighted by Gasteiger charge is 2.69. The molecule has 10 unspecified atom stereocenters. The van der Waals surface area contributed by atoms with Gasteiger partial charge in [-0.3, -0.25) is 4.79 Å². The normalized spacial score (nSPS) is 48.4. The first-order valence-electron chi connectivity index (χ1n) is 13.7. The van der Waals surface area contributed by atoms with Crippen LogP contribution < -0.4 is 0 Å². The van der Waals surface area contributed by atoms with Gasteiger partial charge in [-0.25, -0.2) is 4.79 Å². The van der Waals surface area contributed by atoms with Crippen LogP contribution in [0.5, 0.6) is 0 Å². The average molecular weight is 503 g/mol. The van der Waals surface area contributed by atoms with Crippen LogP contribution in [0.2, 0.25) is 0 Å². The predicted octanol–water partition coefficient (Wildman–Crippen LogP) is 2.98. The second-order valence-electron chi connectivity index (χ2n) is 13.0. The zero-order chi connectivity index (χ0) is 26.4. The Morgan fingerprint density at radius 1 is 1.11 bits per heavy atom. The summed E-state index contributed by atoms with van der Waals surface area (Å²) < 4.78 is 5.75. The van der Waals surface area contributed by atoms with Gasteiger partial charge in [-0.2, -0.15) is 0 Å². The van der Waals surface area contributed by atoms with E-state index in [2.05, 4.69) is 0 Å². The number of cyclic esters (lactones) is 1. The van der Waals surface area contributed by atoms with Gasteiger partial charge >= 0.3 is 5.97 Å². The van der Waals surface area contributed by atoms with E-state index in [1.54, 1.807) is 19.9 Å². The summed E-state index contributed by atoms with van der Waals surface area (Å²) in [6, 6.07) is 0. The number of carbonyl (C=O) groups is 2. The average Bonchev–Trinajstić information content (AvgIpc) is 3.09. The quantitative estimate of drug-likeness (QED) is 0.437. The maximum absolute atomic E-state index is 13.3. The third kappa shape index (κ3) is 3.31. The van der Waals surface area contributed by atoms with Crippen LogP contribution >= 0.6 is 0 Å². The molecule has 0 amide bonds. The van der Waals surface area contributed by atoms with Gasteiger partial charge in [0.25, 0.3) is 0 Å². The lowest BCUT2D eigenvalue weighted by molar-refractivity contribution is -0.191. The molecule has 3 saturated carbocycles. The van der Waals surface area contributed by atoms with Crippen LogP contribution in [0.25, 0.3) is 0 Å². The molecule has 1 heterocycles. The molecule has 7 nitrogen and oxygen atoms in total. The molecule has 0 spiro atoms. The number of hydrogen-bond donors (Lipinski definition) is 4. The van der Waals surface area contributed by atoms with Gasteiger partial charge in [0.1, 0.15) is 11.7 Å². The number of allylic oxidation sites excluding steroid dienone is 1. The Hall–Kier alpha value is -1.54. The van der Waals surface area contributed by atoms with Gasteiger partial charge in [-0.1, -0.05) is 26.3 Å². The number of carbonyl (C=O) groups excluding carboxylic acids is 2. The zero-order valence-electron chi connectivity index (χ0n) is 22.2. The number of hydrogen-bond acceptors (Lipinski definition) is 7. The van der Waals surface area contributed by atoms with Gasteiger partial charge < -0.3 is 25.2 Å². The molecule has 0 aromatic heterocycles. The molecular formula is C29H42O7. The summed E-state index contributed by atoms with van der Waals surface area (Å²) in [5.41, 5.74) is -1.51. The Morgan fingerprint density at radius 2 is 1.81 bits per heavy atom. The van der Waals surface area contributed by atoms with Crippen LogP contribution in [-0.4, -0.2) is 61.7 Å². The van der Waals surface area contributed by atoms with Crippen LogP contribution in [-0.2, 0) is 14.3 Å². The third-order valence-electron chi connectivity index (χ3n) is 11.4. The van der Waals surface area contributed by atoms with E-state index >= 15 is 0 Å². The molecule has 200 valence electrons. The van der Waals surface area contributed by atoms with Crippen molar-refractivity contribution in [3.05, 3.63) is 22.8 Å². The van der Waals surface area contributed by atoms with Crippen molar-refractivity contribution >= 4 is 11.8 Å². The number of aliphatic hydroxyl groups is 4. The Kier molecular flexibility index (Phi) is 5.96. The molecule has 0 radical (unpaired) electrons. The third-order valence-corrected chi connectivity index (χ3v) is 11.4. The van der Waals surface area contributed by atoms with Gasteiger partial charge in [-0.15, -0.1) is 0 Å². The van der Waals surface area contributed by atoms with Crippen LogP contribution in [0, 0.1) is 28.6 Å². The second-order valence-corrected chi connectivity index (χ2v) is 13.0. The number of rotatable bonds is 3. The second kappa shape index (κ2) is 8.23. The molecule has 3 fully saturated rings. The molecule has 0 saturated heterocycles. The predicted molar refractivity (Wildman–Crippen MR) is 133 cm³/mol. The molecule has 5 aliphatic rings. The molecule has 0 aromatic rings. The highest BCUT2D eigenvalue weighted by Crippen LogP contribution is 2.68. The Labute approximate surface area is 213 Å². The lowest BCUT2D eigenvalue weighted by atomic mass is 9.45. The monoisotopic (exact) mass is 502 g/mol. The van der Waals surface area contributed by atoms with E-state index in [9.17, 15) is 30.0 Å². The molecule has 7 heteroatoms. The standard InChI is InChI=1S/C29H42O7/c1-6-16-11-24(36-25(33)15(16)2)28(5,34)23-8-10-29(35)18-12-20(30)19-13-21(31)22(32)14-26(19,3)17(18)7-9-27(23,29)4/h12,17,19,21-24,31-32,34-35H,6-11,13-14H2,1-5H3. The van der Waals surface area contributed by atoms with E-state index in [-0.39, 0.29) is 35.9 Å². The zero-order valence-corrected chi connectivity index (χ0v) is 22.2. The molecule has 4 aliphatic carbocycles. The highest BCUT2D eigenvalue weighted by molar-refractivity contribution is 5.95. The first-order valence-corrected chi connectivity index (χ1v) is 13.7. The van der Waals surface area contributed by atoms with E-state index in [1.807, 2.05) is 20.8 Å². The molecule has 0 bridgehead atoms. The number of ketones is 1. The summed E-state index contributed by atoms with van der Waals surface area (Å²) in [4.78, 5) is 25.9. The molecule has 1 aliphatic heterocycles. The summed E-state index contributed by atoms with van der Waals surface area (Å²) in [6.45, 7) is 9.55. The molecular weight excluding hydrogens is 460 g/mol. The minimum absolute atomic E-state index is 0.0751. The maximum atomic E-state index is 13.3. The maximum Gasteiger partial charge on any atom is 0.334 e. The molecule has 36 heavy (non-hydrogen) atoms. The van der Waals surface area contributed by atoms with Gasteiger partial charge in [0.2, 0.25) is 0 Å². The fraction of sp³-hybridized carbons (Fsp3) is 0.793. The molecule has 5 rings (SSSR count). The lowest BCUT2D eigenvalue weighted by Crippen LogP contribution is -2.63. The van der Waals surface area contributed by atoms with Crippen molar-refractivity contribution < 1.29 is 34.8 Å². The minimum atomic E-state index is -1.35. The fourth-order valence-electron chi connectivity index (χ4n) is 9.05. The number of fused-ring (bicyclic) bond motifs is 5. The van der Waals surface area contributed by atoms with E-state index < -0.39 is 40.3 Å². The van der Waals surface area contributed by atoms with Crippen molar-refractivity contribution in [1.29, 1.82) is 0 Å². The Morgan fingerprint density at radius 3 is 2.47 bits per heavy atom. The van der Waals surface area contributed by atoms with Crippen molar-refractivity contribution in [2.45, 2.75) is 115 Å².